The zero-order chi connectivity index (χ0) is 17.1. The van der Waals surface area contributed by atoms with E-state index in [1.165, 1.54) is 4.90 Å². The van der Waals surface area contributed by atoms with E-state index in [2.05, 4.69) is 0 Å². The van der Waals surface area contributed by atoms with Crippen LogP contribution in [-0.2, 0) is 9.53 Å². The van der Waals surface area contributed by atoms with Crippen LogP contribution in [0.1, 0.15) is 13.3 Å². The summed E-state index contributed by atoms with van der Waals surface area (Å²) in [5.41, 5.74) is 2.13. The lowest BCUT2D eigenvalue weighted by atomic mass is 10.0. The van der Waals surface area contributed by atoms with Crippen molar-refractivity contribution in [3.8, 4) is 16.9 Å². The Hall–Kier alpha value is -2.82. The monoisotopic (exact) mass is 325 g/mol. The lowest BCUT2D eigenvalue weighted by Gasteiger charge is -2.39. The van der Waals surface area contributed by atoms with Crippen LogP contribution in [0.2, 0.25) is 0 Å². The third-order valence-electron chi connectivity index (χ3n) is 4.14. The largest absolute Gasteiger partial charge is 0.458 e. The Morgan fingerprint density at radius 1 is 1.08 bits per heavy atom. The molecule has 5 nitrogen and oxygen atoms in total. The Balaban J connectivity index is 1.65. The van der Waals surface area contributed by atoms with Crippen molar-refractivity contribution < 1.29 is 19.1 Å². The summed E-state index contributed by atoms with van der Waals surface area (Å²) in [6.07, 6.45) is -0.155. The summed E-state index contributed by atoms with van der Waals surface area (Å²) in [5.74, 6) is 0.0491. The van der Waals surface area contributed by atoms with Crippen LogP contribution in [0.5, 0.6) is 5.75 Å². The number of benzene rings is 2. The van der Waals surface area contributed by atoms with Crippen molar-refractivity contribution in [1.82, 2.24) is 4.90 Å². The van der Waals surface area contributed by atoms with E-state index in [0.29, 0.717) is 12.2 Å². The van der Waals surface area contributed by atoms with Crippen LogP contribution in [0.3, 0.4) is 0 Å². The molecule has 0 aromatic heterocycles. The molecule has 0 saturated carbocycles. The molecule has 24 heavy (non-hydrogen) atoms. The van der Waals surface area contributed by atoms with E-state index < -0.39 is 12.1 Å². The number of likely N-dealkylation sites (N-methyl/N-ethyl adjacent to an activating group) is 1. The van der Waals surface area contributed by atoms with Gasteiger partial charge >= 0.3 is 12.1 Å². The molecule has 2 aromatic carbocycles. The molecule has 1 fully saturated rings. The highest BCUT2D eigenvalue weighted by Gasteiger charge is 2.46. The molecular formula is C19H19NO4. The number of nitrogens with zero attached hydrogens (tertiary/aromatic N) is 1. The van der Waals surface area contributed by atoms with E-state index in [0.717, 1.165) is 11.1 Å². The summed E-state index contributed by atoms with van der Waals surface area (Å²) in [4.78, 5) is 25.0. The number of hydrogen-bond acceptors (Lipinski definition) is 4. The second-order valence-corrected chi connectivity index (χ2v) is 5.70. The van der Waals surface area contributed by atoms with Crippen LogP contribution >= 0.6 is 0 Å². The summed E-state index contributed by atoms with van der Waals surface area (Å²) in [5, 5.41) is 0. The molecule has 0 spiro atoms. The Bertz CT molecular complexity index is 727. The van der Waals surface area contributed by atoms with E-state index in [1.54, 1.807) is 19.2 Å². The van der Waals surface area contributed by atoms with Crippen molar-refractivity contribution >= 4 is 12.1 Å². The molecule has 3 rings (SSSR count). The lowest BCUT2D eigenvalue weighted by molar-refractivity contribution is -0.184. The molecule has 0 N–H and O–H groups in total. The summed E-state index contributed by atoms with van der Waals surface area (Å²) in [6, 6.07) is 16.6. The zero-order valence-electron chi connectivity index (χ0n) is 13.6. The zero-order valence-corrected chi connectivity index (χ0v) is 13.6. The Labute approximate surface area is 140 Å². The molecule has 1 aliphatic heterocycles. The van der Waals surface area contributed by atoms with Crippen LogP contribution in [-0.4, -0.2) is 36.2 Å². The highest BCUT2D eigenvalue weighted by atomic mass is 16.6. The molecule has 0 aliphatic carbocycles. The van der Waals surface area contributed by atoms with Gasteiger partial charge in [0.05, 0.1) is 0 Å². The molecule has 1 aliphatic rings. The van der Waals surface area contributed by atoms with Gasteiger partial charge in [-0.25, -0.2) is 9.59 Å². The third-order valence-corrected chi connectivity index (χ3v) is 4.14. The minimum atomic E-state index is -0.567. The standard InChI is InChI=1S/C19H19NO4/c1-3-16-17(18(21)24-16)20(2)19(22)23-15-11-9-14(10-12-15)13-7-5-4-6-8-13/h4-12,16-17H,3H2,1-2H3/t16-,17+/m0/s1. The SMILES string of the molecule is CC[C@@H]1OC(=O)[C@@H]1N(C)C(=O)Oc1ccc(-c2ccccc2)cc1. The van der Waals surface area contributed by atoms with E-state index >= 15 is 0 Å². The molecule has 1 heterocycles. The van der Waals surface area contributed by atoms with E-state index in [-0.39, 0.29) is 12.1 Å². The van der Waals surface area contributed by atoms with Gasteiger partial charge in [0.25, 0.3) is 0 Å². The van der Waals surface area contributed by atoms with Gasteiger partial charge in [0.1, 0.15) is 11.9 Å². The number of carbonyl (C=O) groups excluding carboxylic acids is 2. The minimum Gasteiger partial charge on any atom is -0.458 e. The maximum absolute atomic E-state index is 12.2. The maximum atomic E-state index is 12.2. The summed E-state index contributed by atoms with van der Waals surface area (Å²) in [6.45, 7) is 1.91. The molecule has 1 amide bonds. The first-order valence-corrected chi connectivity index (χ1v) is 7.90. The molecule has 124 valence electrons. The summed E-state index contributed by atoms with van der Waals surface area (Å²) in [7, 11) is 1.55. The first-order chi connectivity index (χ1) is 11.6. The highest BCUT2D eigenvalue weighted by molar-refractivity contribution is 5.86. The highest BCUT2D eigenvalue weighted by Crippen LogP contribution is 2.25. The Kier molecular flexibility index (Phi) is 4.51. The fraction of sp³-hybridized carbons (Fsp3) is 0.263. The number of esters is 1. The minimum absolute atomic E-state index is 0.254. The van der Waals surface area contributed by atoms with Gasteiger partial charge in [-0.05, 0) is 29.7 Å². The van der Waals surface area contributed by atoms with Crippen molar-refractivity contribution in [1.29, 1.82) is 0 Å². The number of rotatable bonds is 4. The van der Waals surface area contributed by atoms with E-state index in [9.17, 15) is 9.59 Å². The van der Waals surface area contributed by atoms with Gasteiger partial charge in [-0.2, -0.15) is 0 Å². The van der Waals surface area contributed by atoms with Gasteiger partial charge in [-0.3, -0.25) is 4.90 Å². The quantitative estimate of drug-likeness (QED) is 0.808. The Morgan fingerprint density at radius 2 is 1.71 bits per heavy atom. The van der Waals surface area contributed by atoms with Crippen LogP contribution in [0.4, 0.5) is 4.79 Å². The Morgan fingerprint density at radius 3 is 2.29 bits per heavy atom. The van der Waals surface area contributed by atoms with Crippen LogP contribution < -0.4 is 4.74 Å². The first-order valence-electron chi connectivity index (χ1n) is 7.90. The molecule has 5 heteroatoms. The second-order valence-electron chi connectivity index (χ2n) is 5.70. The van der Waals surface area contributed by atoms with E-state index in [1.807, 2.05) is 49.4 Å². The number of cyclic esters (lactones) is 1. The fourth-order valence-corrected chi connectivity index (χ4v) is 2.71. The van der Waals surface area contributed by atoms with Gasteiger partial charge in [0, 0.05) is 7.05 Å². The average molecular weight is 325 g/mol. The lowest BCUT2D eigenvalue weighted by Crippen LogP contribution is -2.60. The molecule has 2 atom stereocenters. The third kappa shape index (κ3) is 3.11. The molecular weight excluding hydrogens is 306 g/mol. The van der Waals surface area contributed by atoms with E-state index in [4.69, 9.17) is 9.47 Å². The van der Waals surface area contributed by atoms with Crippen molar-refractivity contribution in [3.05, 3.63) is 54.6 Å². The maximum Gasteiger partial charge on any atom is 0.415 e. The van der Waals surface area contributed by atoms with Crippen LogP contribution in [0.25, 0.3) is 11.1 Å². The van der Waals surface area contributed by atoms with Crippen molar-refractivity contribution in [3.63, 3.8) is 0 Å². The summed E-state index contributed by atoms with van der Waals surface area (Å²) < 4.78 is 10.3. The van der Waals surface area contributed by atoms with Gasteiger partial charge in [0.2, 0.25) is 0 Å². The first kappa shape index (κ1) is 16.1. The fourth-order valence-electron chi connectivity index (χ4n) is 2.71. The molecule has 1 saturated heterocycles. The number of carbonyl (C=O) groups is 2. The molecule has 0 bridgehead atoms. The molecule has 0 radical (unpaired) electrons. The molecule has 0 unspecified atom stereocenters. The predicted molar refractivity (Wildman–Crippen MR) is 89.6 cm³/mol. The topological polar surface area (TPSA) is 55.8 Å². The van der Waals surface area contributed by atoms with Gasteiger partial charge in [-0.15, -0.1) is 0 Å². The summed E-state index contributed by atoms with van der Waals surface area (Å²) >= 11 is 0. The predicted octanol–water partition coefficient (Wildman–Crippen LogP) is 3.49. The molecule has 2 aromatic rings. The average Bonchev–Trinajstić information content (AvgIpc) is 2.60. The van der Waals surface area contributed by atoms with Crippen molar-refractivity contribution in [2.45, 2.75) is 25.5 Å². The van der Waals surface area contributed by atoms with Gasteiger partial charge in [-0.1, -0.05) is 49.4 Å². The second kappa shape index (κ2) is 6.74. The van der Waals surface area contributed by atoms with Crippen molar-refractivity contribution in [2.24, 2.45) is 0 Å². The smallest absolute Gasteiger partial charge is 0.415 e. The van der Waals surface area contributed by atoms with Gasteiger partial charge < -0.3 is 9.47 Å². The van der Waals surface area contributed by atoms with Crippen molar-refractivity contribution in [2.75, 3.05) is 7.05 Å². The van der Waals surface area contributed by atoms with Crippen LogP contribution in [0, 0.1) is 0 Å². The van der Waals surface area contributed by atoms with Gasteiger partial charge in [0.15, 0.2) is 6.04 Å². The number of ether oxygens (including phenoxy) is 2. The number of amides is 1. The van der Waals surface area contributed by atoms with Crippen LogP contribution in [0.15, 0.2) is 54.6 Å². The normalized spacial score (nSPS) is 19.2. The number of hydrogen-bond donors (Lipinski definition) is 0.